The van der Waals surface area contributed by atoms with Crippen molar-refractivity contribution in [2.45, 2.75) is 38.1 Å². The zero-order chi connectivity index (χ0) is 29.7. The van der Waals surface area contributed by atoms with Crippen LogP contribution < -0.4 is 10.5 Å². The second-order valence-corrected chi connectivity index (χ2v) is 9.84. The van der Waals surface area contributed by atoms with E-state index >= 15 is 4.39 Å². The van der Waals surface area contributed by atoms with E-state index in [0.29, 0.717) is 46.6 Å². The number of rotatable bonds is 9. The average molecular weight is 584 g/mol. The van der Waals surface area contributed by atoms with Gasteiger partial charge in [0.15, 0.2) is 6.23 Å². The van der Waals surface area contributed by atoms with Crippen molar-refractivity contribution in [3.63, 3.8) is 0 Å². The Morgan fingerprint density at radius 3 is 2.38 bits per heavy atom. The fourth-order valence-corrected chi connectivity index (χ4v) is 5.10. The number of alkyl halides is 3. The molecule has 0 saturated carbocycles. The van der Waals surface area contributed by atoms with Crippen LogP contribution in [0.5, 0.6) is 5.75 Å². The first-order chi connectivity index (χ1) is 20.2. The quantitative estimate of drug-likeness (QED) is 0.127. The topological polar surface area (TPSA) is 88.6 Å². The summed E-state index contributed by atoms with van der Waals surface area (Å²) in [5.41, 5.74) is 7.04. The van der Waals surface area contributed by atoms with Crippen LogP contribution in [0.15, 0.2) is 72.8 Å². The lowest BCUT2D eigenvalue weighted by atomic mass is 9.87. The van der Waals surface area contributed by atoms with Crippen LogP contribution in [0.1, 0.15) is 48.6 Å². The summed E-state index contributed by atoms with van der Waals surface area (Å²) in [5.74, 6) is -0.308. The van der Waals surface area contributed by atoms with Gasteiger partial charge in [-0.2, -0.15) is 17.6 Å². The number of hydrogen-bond donors (Lipinski definition) is 1. The van der Waals surface area contributed by atoms with Crippen molar-refractivity contribution in [2.75, 3.05) is 19.8 Å². The fraction of sp³-hybridized carbons (Fsp3) is 0.290. The zero-order valence-corrected chi connectivity index (χ0v) is 22.6. The number of ether oxygens (including phenoxy) is 3. The number of aromatic nitrogens is 2. The number of nitrogens with two attached hydrogens (primary N) is 1. The molecule has 4 aromatic rings. The third kappa shape index (κ3) is 6.91. The number of primary amides is 1. The Balaban J connectivity index is 1.61. The summed E-state index contributed by atoms with van der Waals surface area (Å²) in [6.45, 7) is 0.532. The molecule has 2 heterocycles. The van der Waals surface area contributed by atoms with Crippen LogP contribution in [0.25, 0.3) is 22.0 Å². The Morgan fingerprint density at radius 2 is 1.71 bits per heavy atom. The summed E-state index contributed by atoms with van der Waals surface area (Å²) in [5, 5.41) is 4.27. The number of hydrogen-bond acceptors (Lipinski definition) is 5. The largest absolute Gasteiger partial charge is 0.490 e. The molecule has 42 heavy (non-hydrogen) atoms. The lowest BCUT2D eigenvalue weighted by Gasteiger charge is -2.23. The summed E-state index contributed by atoms with van der Waals surface area (Å²) < 4.78 is 74.8. The Hall–Kier alpha value is -4.38. The second-order valence-electron chi connectivity index (χ2n) is 9.84. The molecule has 0 bridgehead atoms. The molecule has 0 aliphatic carbocycles. The molecule has 3 aromatic carbocycles. The SMILES string of the molecule is NC(=O)OCCOc1ccc(/C(=C(/CC(F)(F)F)c2ccccc2)c2ccc3c(c2)c(F)nn3C2CCCCO2)cc1. The van der Waals surface area contributed by atoms with Crippen LogP contribution in [0.3, 0.4) is 0 Å². The van der Waals surface area contributed by atoms with E-state index in [9.17, 15) is 18.0 Å². The van der Waals surface area contributed by atoms with Crippen molar-refractivity contribution < 1.29 is 36.6 Å². The van der Waals surface area contributed by atoms with Crippen LogP contribution in [0, 0.1) is 5.95 Å². The van der Waals surface area contributed by atoms with Gasteiger partial charge in [-0.1, -0.05) is 48.5 Å². The monoisotopic (exact) mass is 583 g/mol. The first kappa shape index (κ1) is 29.1. The number of benzene rings is 3. The third-order valence-corrected chi connectivity index (χ3v) is 6.92. The number of allylic oxidation sites excluding steroid dienone is 1. The predicted molar refractivity (Wildman–Crippen MR) is 149 cm³/mol. The molecule has 220 valence electrons. The molecule has 1 saturated heterocycles. The van der Waals surface area contributed by atoms with Crippen molar-refractivity contribution in [1.29, 1.82) is 0 Å². The lowest BCUT2D eigenvalue weighted by molar-refractivity contribution is -0.122. The van der Waals surface area contributed by atoms with Gasteiger partial charge in [0.2, 0.25) is 5.95 Å². The summed E-state index contributed by atoms with van der Waals surface area (Å²) in [4.78, 5) is 10.8. The van der Waals surface area contributed by atoms with Gasteiger partial charge in [-0.25, -0.2) is 9.48 Å². The summed E-state index contributed by atoms with van der Waals surface area (Å²) in [7, 11) is 0. The molecule has 2 N–H and O–H groups in total. The van der Waals surface area contributed by atoms with Gasteiger partial charge >= 0.3 is 12.3 Å². The van der Waals surface area contributed by atoms with Crippen molar-refractivity contribution in [3.8, 4) is 5.75 Å². The number of carbonyl (C=O) groups is 1. The Kier molecular flexibility index (Phi) is 8.77. The zero-order valence-electron chi connectivity index (χ0n) is 22.6. The van der Waals surface area contributed by atoms with Gasteiger partial charge in [0.1, 0.15) is 19.0 Å². The molecule has 1 atom stereocenters. The van der Waals surface area contributed by atoms with Crippen LogP contribution in [0.2, 0.25) is 0 Å². The van der Waals surface area contributed by atoms with Crippen LogP contribution in [-0.4, -0.2) is 41.9 Å². The van der Waals surface area contributed by atoms with Gasteiger partial charge in [0, 0.05) is 6.61 Å². The number of amides is 1. The minimum Gasteiger partial charge on any atom is -0.490 e. The lowest BCUT2D eigenvalue weighted by Crippen LogP contribution is -2.19. The van der Waals surface area contributed by atoms with Gasteiger partial charge in [0.25, 0.3) is 0 Å². The van der Waals surface area contributed by atoms with E-state index in [1.807, 2.05) is 0 Å². The molecule has 1 amide bonds. The van der Waals surface area contributed by atoms with E-state index in [2.05, 4.69) is 9.84 Å². The maximum Gasteiger partial charge on any atom is 0.404 e. The summed E-state index contributed by atoms with van der Waals surface area (Å²) in [6.07, 6.45) is -4.51. The molecular formula is C31H29F4N3O4. The van der Waals surface area contributed by atoms with E-state index in [1.54, 1.807) is 66.7 Å². The van der Waals surface area contributed by atoms with E-state index in [1.165, 1.54) is 10.7 Å². The molecule has 1 fully saturated rings. The predicted octanol–water partition coefficient (Wildman–Crippen LogP) is 7.26. The fourth-order valence-electron chi connectivity index (χ4n) is 5.10. The molecule has 0 radical (unpaired) electrons. The molecule has 1 aliphatic rings. The minimum absolute atomic E-state index is 0.0365. The number of fused-ring (bicyclic) bond motifs is 1. The van der Waals surface area contributed by atoms with Gasteiger partial charge < -0.3 is 19.9 Å². The van der Waals surface area contributed by atoms with Crippen molar-refractivity contribution in [2.24, 2.45) is 5.73 Å². The molecule has 5 rings (SSSR count). The molecule has 1 unspecified atom stereocenters. The number of halogens is 4. The summed E-state index contributed by atoms with van der Waals surface area (Å²) in [6, 6.07) is 19.7. The van der Waals surface area contributed by atoms with Crippen molar-refractivity contribution >= 4 is 28.1 Å². The first-order valence-electron chi connectivity index (χ1n) is 13.5. The van der Waals surface area contributed by atoms with Gasteiger partial charge in [-0.05, 0) is 71.4 Å². The van der Waals surface area contributed by atoms with Crippen LogP contribution in [0.4, 0.5) is 22.4 Å². The normalized spacial score (nSPS) is 16.2. The second kappa shape index (κ2) is 12.6. The maximum absolute atomic E-state index is 15.2. The Morgan fingerprint density at radius 1 is 0.976 bits per heavy atom. The maximum atomic E-state index is 15.2. The number of nitrogens with zero attached hydrogens (tertiary/aromatic N) is 2. The molecule has 11 heteroatoms. The average Bonchev–Trinajstić information content (AvgIpc) is 3.31. The molecule has 7 nitrogen and oxygen atoms in total. The molecule has 1 aromatic heterocycles. The van der Waals surface area contributed by atoms with E-state index in [-0.39, 0.29) is 24.2 Å². The smallest absolute Gasteiger partial charge is 0.404 e. The first-order valence-corrected chi connectivity index (χ1v) is 13.5. The minimum atomic E-state index is -4.52. The van der Waals surface area contributed by atoms with E-state index in [0.717, 1.165) is 12.8 Å². The van der Waals surface area contributed by atoms with Gasteiger partial charge in [0.05, 0.1) is 17.3 Å². The van der Waals surface area contributed by atoms with Crippen LogP contribution in [-0.2, 0) is 9.47 Å². The Bertz CT molecular complexity index is 1560. The highest BCUT2D eigenvalue weighted by Crippen LogP contribution is 2.41. The van der Waals surface area contributed by atoms with Crippen molar-refractivity contribution in [3.05, 3.63) is 95.4 Å². The highest BCUT2D eigenvalue weighted by atomic mass is 19.4. The summed E-state index contributed by atoms with van der Waals surface area (Å²) >= 11 is 0. The highest BCUT2D eigenvalue weighted by Gasteiger charge is 2.32. The third-order valence-electron chi connectivity index (χ3n) is 6.92. The molecule has 0 spiro atoms. The van der Waals surface area contributed by atoms with Crippen LogP contribution >= 0.6 is 0 Å². The molecular weight excluding hydrogens is 554 g/mol. The standard InChI is InChI=1S/C31H29F4N3O4/c32-29-24-18-22(11-14-26(24)38(37-29)27-8-4-5-15-41-27)28(25(19-31(33,34)35)20-6-2-1-3-7-20)21-9-12-23(13-10-21)40-16-17-42-30(36)39/h1-3,6-7,9-14,18,27H,4-5,8,15-17,19H2,(H2,36,39)/b28-25+. The van der Waals surface area contributed by atoms with Gasteiger partial charge in [-0.15, -0.1) is 5.10 Å². The van der Waals surface area contributed by atoms with Crippen molar-refractivity contribution in [1.82, 2.24) is 9.78 Å². The highest BCUT2D eigenvalue weighted by molar-refractivity contribution is 6.00. The number of carbonyl (C=O) groups excluding carboxylic acids is 1. The van der Waals surface area contributed by atoms with E-state index in [4.69, 9.17) is 15.2 Å². The van der Waals surface area contributed by atoms with E-state index < -0.39 is 30.9 Å². The molecule has 1 aliphatic heterocycles. The Labute approximate surface area is 239 Å². The van der Waals surface area contributed by atoms with Gasteiger partial charge in [-0.3, -0.25) is 0 Å².